The van der Waals surface area contributed by atoms with Crippen LogP contribution in [0.3, 0.4) is 0 Å². The molecule has 0 fully saturated rings. The van der Waals surface area contributed by atoms with Gasteiger partial charge < -0.3 is 10.5 Å². The summed E-state index contributed by atoms with van der Waals surface area (Å²) in [5.41, 5.74) is 6.74. The highest BCUT2D eigenvalue weighted by molar-refractivity contribution is 7.80. The summed E-state index contributed by atoms with van der Waals surface area (Å²) in [6, 6.07) is 8.70. The molecule has 2 rings (SSSR count). The number of thiocarbonyl (C=S) groups is 1. The van der Waals surface area contributed by atoms with E-state index in [1.165, 1.54) is 24.1 Å². The van der Waals surface area contributed by atoms with Crippen molar-refractivity contribution >= 4 is 40.9 Å². The molecule has 0 aliphatic carbocycles. The van der Waals surface area contributed by atoms with Crippen LogP contribution >= 0.6 is 23.8 Å². The number of benzene rings is 1. The molecule has 6 nitrogen and oxygen atoms in total. The molecule has 0 saturated heterocycles. The first-order valence-electron chi connectivity index (χ1n) is 6.31. The Labute approximate surface area is 142 Å². The highest BCUT2D eigenvalue weighted by Crippen LogP contribution is 2.20. The smallest absolute Gasteiger partial charge is 0.341 e. The summed E-state index contributed by atoms with van der Waals surface area (Å²) in [7, 11) is 1.26. The minimum absolute atomic E-state index is 0.0564. The molecule has 0 aliphatic heterocycles. The standard InChI is InChI=1S/C15H11ClN4O2S/c1-22-15(21)12-8-19-20(11-4-2-10(16)3-5-11)13(12)6-9(7-17)14(18)23/h2-6,8H,1H3,(H2,18,23). The van der Waals surface area contributed by atoms with Crippen molar-refractivity contribution in [3.05, 3.63) is 52.3 Å². The topological polar surface area (TPSA) is 93.9 Å². The van der Waals surface area contributed by atoms with E-state index in [0.29, 0.717) is 16.4 Å². The summed E-state index contributed by atoms with van der Waals surface area (Å²) in [4.78, 5) is 11.8. The van der Waals surface area contributed by atoms with Crippen LogP contribution in [0.2, 0.25) is 5.02 Å². The van der Waals surface area contributed by atoms with Crippen LogP contribution in [0.4, 0.5) is 0 Å². The molecule has 8 heteroatoms. The molecule has 0 saturated carbocycles. The lowest BCUT2D eigenvalue weighted by Crippen LogP contribution is -2.11. The average molecular weight is 347 g/mol. The Hall–Kier alpha value is -2.69. The van der Waals surface area contributed by atoms with Gasteiger partial charge in [-0.1, -0.05) is 23.8 Å². The predicted octanol–water partition coefficient (Wildman–Crippen LogP) is 2.51. The Kier molecular flexibility index (Phi) is 5.11. The van der Waals surface area contributed by atoms with Gasteiger partial charge in [-0.15, -0.1) is 0 Å². The summed E-state index contributed by atoms with van der Waals surface area (Å²) in [6.07, 6.45) is 2.75. The molecule has 1 heterocycles. The van der Waals surface area contributed by atoms with Crippen LogP contribution in [-0.2, 0) is 4.74 Å². The van der Waals surface area contributed by atoms with Crippen molar-refractivity contribution < 1.29 is 9.53 Å². The maximum atomic E-state index is 11.9. The summed E-state index contributed by atoms with van der Waals surface area (Å²) < 4.78 is 6.20. The van der Waals surface area contributed by atoms with E-state index in [1.807, 2.05) is 6.07 Å². The van der Waals surface area contributed by atoms with Crippen molar-refractivity contribution in [3.8, 4) is 11.8 Å². The molecule has 0 amide bonds. The number of hydrogen-bond acceptors (Lipinski definition) is 5. The first kappa shape index (κ1) is 16.7. The fraction of sp³-hybridized carbons (Fsp3) is 0.0667. The third-order valence-electron chi connectivity index (χ3n) is 2.95. The van der Waals surface area contributed by atoms with Crippen LogP contribution in [0.15, 0.2) is 36.0 Å². The molecule has 0 unspecified atom stereocenters. The lowest BCUT2D eigenvalue weighted by atomic mass is 10.1. The van der Waals surface area contributed by atoms with Gasteiger partial charge in [-0.25, -0.2) is 9.48 Å². The van der Waals surface area contributed by atoms with Crippen LogP contribution in [0.25, 0.3) is 11.8 Å². The molecule has 0 bridgehead atoms. The van der Waals surface area contributed by atoms with Crippen LogP contribution < -0.4 is 5.73 Å². The second-order valence-electron chi connectivity index (χ2n) is 4.36. The zero-order valence-corrected chi connectivity index (χ0v) is 13.6. The van der Waals surface area contributed by atoms with Gasteiger partial charge in [-0.05, 0) is 30.3 Å². The lowest BCUT2D eigenvalue weighted by molar-refractivity contribution is 0.0600. The first-order valence-corrected chi connectivity index (χ1v) is 7.10. The predicted molar refractivity (Wildman–Crippen MR) is 90.3 cm³/mol. The minimum atomic E-state index is -0.586. The van der Waals surface area contributed by atoms with E-state index in [0.717, 1.165) is 0 Å². The molecule has 23 heavy (non-hydrogen) atoms. The Morgan fingerprint density at radius 3 is 2.65 bits per heavy atom. The van der Waals surface area contributed by atoms with Crippen LogP contribution in [0.5, 0.6) is 0 Å². The number of rotatable bonds is 4. The molecule has 0 spiro atoms. The number of nitrogens with two attached hydrogens (primary N) is 1. The molecule has 0 aliphatic rings. The van der Waals surface area contributed by atoms with Crippen LogP contribution in [0, 0.1) is 11.3 Å². The fourth-order valence-electron chi connectivity index (χ4n) is 1.85. The molecule has 0 radical (unpaired) electrons. The third-order valence-corrected chi connectivity index (χ3v) is 3.42. The van der Waals surface area contributed by atoms with Gasteiger partial charge in [0.15, 0.2) is 0 Å². The Balaban J connectivity index is 2.67. The van der Waals surface area contributed by atoms with E-state index in [2.05, 4.69) is 5.10 Å². The molecule has 2 aromatic rings. The monoisotopic (exact) mass is 346 g/mol. The Morgan fingerprint density at radius 2 is 2.13 bits per heavy atom. The Morgan fingerprint density at radius 1 is 1.48 bits per heavy atom. The van der Waals surface area contributed by atoms with Gasteiger partial charge in [0, 0.05) is 5.02 Å². The highest BCUT2D eigenvalue weighted by atomic mass is 35.5. The van der Waals surface area contributed by atoms with Gasteiger partial charge in [-0.3, -0.25) is 0 Å². The normalized spacial score (nSPS) is 10.9. The van der Waals surface area contributed by atoms with E-state index < -0.39 is 5.97 Å². The Bertz CT molecular complexity index is 834. The van der Waals surface area contributed by atoms with E-state index in [1.54, 1.807) is 24.3 Å². The lowest BCUT2D eigenvalue weighted by Gasteiger charge is -2.07. The number of esters is 1. The van der Waals surface area contributed by atoms with Crippen molar-refractivity contribution in [2.75, 3.05) is 7.11 Å². The molecular weight excluding hydrogens is 336 g/mol. The molecule has 1 aromatic heterocycles. The molecule has 116 valence electrons. The number of ether oxygens (including phenoxy) is 1. The second-order valence-corrected chi connectivity index (χ2v) is 5.23. The third kappa shape index (κ3) is 3.56. The van der Waals surface area contributed by atoms with Crippen molar-refractivity contribution in [1.29, 1.82) is 5.26 Å². The SMILES string of the molecule is COC(=O)c1cnn(-c2ccc(Cl)cc2)c1C=C(C#N)C(N)=S. The number of nitriles is 1. The van der Waals surface area contributed by atoms with Crippen LogP contribution in [0.1, 0.15) is 16.1 Å². The zero-order valence-electron chi connectivity index (χ0n) is 12.0. The van der Waals surface area contributed by atoms with E-state index in [4.69, 9.17) is 39.6 Å². The quantitative estimate of drug-likeness (QED) is 0.395. The number of halogens is 1. The summed E-state index contributed by atoms with van der Waals surface area (Å²) in [5, 5.41) is 13.9. The van der Waals surface area contributed by atoms with Crippen molar-refractivity contribution in [3.63, 3.8) is 0 Å². The van der Waals surface area contributed by atoms with Crippen molar-refractivity contribution in [2.45, 2.75) is 0 Å². The summed E-state index contributed by atoms with van der Waals surface area (Å²) >= 11 is 10.7. The molecular formula is C15H11ClN4O2S. The van der Waals surface area contributed by atoms with Crippen LogP contribution in [-0.4, -0.2) is 27.8 Å². The highest BCUT2D eigenvalue weighted by Gasteiger charge is 2.18. The summed E-state index contributed by atoms with van der Waals surface area (Å²) in [6.45, 7) is 0. The van der Waals surface area contributed by atoms with E-state index in [-0.39, 0.29) is 16.1 Å². The van der Waals surface area contributed by atoms with Gasteiger partial charge in [-0.2, -0.15) is 10.4 Å². The van der Waals surface area contributed by atoms with Gasteiger partial charge in [0.25, 0.3) is 0 Å². The number of methoxy groups -OCH3 is 1. The number of aromatic nitrogens is 2. The van der Waals surface area contributed by atoms with Gasteiger partial charge in [0.1, 0.15) is 16.6 Å². The van der Waals surface area contributed by atoms with Gasteiger partial charge in [0.2, 0.25) is 0 Å². The second kappa shape index (κ2) is 7.05. The largest absolute Gasteiger partial charge is 0.465 e. The summed E-state index contributed by atoms with van der Waals surface area (Å²) in [5.74, 6) is -0.586. The number of nitrogens with zero attached hydrogens (tertiary/aromatic N) is 3. The first-order chi connectivity index (χ1) is 11.0. The molecule has 0 atom stereocenters. The maximum absolute atomic E-state index is 11.9. The molecule has 2 N–H and O–H groups in total. The maximum Gasteiger partial charge on any atom is 0.341 e. The van der Waals surface area contributed by atoms with E-state index in [9.17, 15) is 4.79 Å². The van der Waals surface area contributed by atoms with E-state index >= 15 is 0 Å². The zero-order chi connectivity index (χ0) is 17.0. The number of hydrogen-bond donors (Lipinski definition) is 1. The average Bonchev–Trinajstić information content (AvgIpc) is 2.95. The van der Waals surface area contributed by atoms with Crippen molar-refractivity contribution in [2.24, 2.45) is 5.73 Å². The number of carbonyl (C=O) groups excluding carboxylic acids is 1. The fourth-order valence-corrected chi connectivity index (χ4v) is 2.08. The number of carbonyl (C=O) groups is 1. The van der Waals surface area contributed by atoms with Crippen molar-refractivity contribution in [1.82, 2.24) is 9.78 Å². The minimum Gasteiger partial charge on any atom is -0.465 e. The molecule has 1 aromatic carbocycles. The van der Waals surface area contributed by atoms with Gasteiger partial charge in [0.05, 0.1) is 30.3 Å². The van der Waals surface area contributed by atoms with Gasteiger partial charge >= 0.3 is 5.97 Å².